The van der Waals surface area contributed by atoms with Gasteiger partial charge in [0.25, 0.3) is 5.91 Å². The van der Waals surface area contributed by atoms with Crippen LogP contribution in [0.4, 0.5) is 0 Å². The maximum absolute atomic E-state index is 12.3. The molecule has 1 aromatic carbocycles. The molecule has 4 aromatic rings. The Balaban J connectivity index is 1.41. The first-order chi connectivity index (χ1) is 12.3. The molecule has 0 saturated carbocycles. The second-order valence-corrected chi connectivity index (χ2v) is 6.29. The summed E-state index contributed by atoms with van der Waals surface area (Å²) in [6.07, 6.45) is 6.89. The molecule has 25 heavy (non-hydrogen) atoms. The summed E-state index contributed by atoms with van der Waals surface area (Å²) in [4.78, 5) is 29.3. The highest BCUT2D eigenvalue weighted by Crippen LogP contribution is 2.21. The molecule has 0 atom stereocenters. The van der Waals surface area contributed by atoms with Crippen molar-refractivity contribution < 1.29 is 4.79 Å². The van der Waals surface area contributed by atoms with Crippen molar-refractivity contribution in [2.75, 3.05) is 6.54 Å². The van der Waals surface area contributed by atoms with Crippen LogP contribution in [0.15, 0.2) is 55.1 Å². The van der Waals surface area contributed by atoms with E-state index < -0.39 is 0 Å². The van der Waals surface area contributed by atoms with Gasteiger partial charge in [-0.25, -0.2) is 19.9 Å². The van der Waals surface area contributed by atoms with Crippen LogP contribution in [0, 0.1) is 0 Å². The second kappa shape index (κ2) is 6.78. The zero-order valence-electron chi connectivity index (χ0n) is 13.2. The van der Waals surface area contributed by atoms with Gasteiger partial charge in [-0.1, -0.05) is 12.1 Å². The van der Waals surface area contributed by atoms with E-state index in [0.717, 1.165) is 10.2 Å². The van der Waals surface area contributed by atoms with E-state index in [1.54, 1.807) is 24.7 Å². The number of fused-ring (bicyclic) bond motifs is 1. The van der Waals surface area contributed by atoms with Crippen molar-refractivity contribution in [2.45, 2.75) is 6.54 Å². The highest BCUT2D eigenvalue weighted by atomic mass is 32.1. The predicted molar refractivity (Wildman–Crippen MR) is 95.2 cm³/mol. The number of imidazole rings is 1. The second-order valence-electron chi connectivity index (χ2n) is 5.26. The molecule has 0 aliphatic carbocycles. The topological polar surface area (TPSA) is 85.6 Å². The Hall–Kier alpha value is -3.13. The van der Waals surface area contributed by atoms with E-state index in [9.17, 15) is 4.79 Å². The molecule has 3 aromatic heterocycles. The molecule has 0 unspecified atom stereocenters. The number of para-hydroxylation sites is 1. The number of carbonyl (C=O) groups excluding carboxylic acids is 1. The van der Waals surface area contributed by atoms with Crippen LogP contribution in [-0.2, 0) is 6.54 Å². The zero-order chi connectivity index (χ0) is 17.1. The molecule has 0 bridgehead atoms. The Kier molecular flexibility index (Phi) is 4.17. The summed E-state index contributed by atoms with van der Waals surface area (Å²) < 4.78 is 2.92. The van der Waals surface area contributed by atoms with Gasteiger partial charge in [-0.15, -0.1) is 11.3 Å². The van der Waals surface area contributed by atoms with Gasteiger partial charge in [0.1, 0.15) is 0 Å². The number of nitrogens with zero attached hydrogens (tertiary/aromatic N) is 5. The number of benzene rings is 1. The summed E-state index contributed by atoms with van der Waals surface area (Å²) in [6, 6.07) is 9.47. The van der Waals surface area contributed by atoms with Crippen molar-refractivity contribution >= 4 is 27.5 Å². The minimum Gasteiger partial charge on any atom is -0.348 e. The summed E-state index contributed by atoms with van der Waals surface area (Å²) in [5, 5.41) is 3.37. The van der Waals surface area contributed by atoms with Gasteiger partial charge < -0.3 is 9.88 Å². The summed E-state index contributed by atoms with van der Waals surface area (Å²) in [7, 11) is 0. The first-order valence-corrected chi connectivity index (χ1v) is 8.55. The van der Waals surface area contributed by atoms with Crippen LogP contribution in [0.1, 0.15) is 9.80 Å². The number of thiazole rings is 1. The molecule has 1 N–H and O–H groups in total. The number of amides is 1. The SMILES string of the molecule is O=C(NCCn1ccnc1-c1ncccn1)c1nc2ccccc2s1. The fourth-order valence-electron chi connectivity index (χ4n) is 2.45. The summed E-state index contributed by atoms with van der Waals surface area (Å²) in [5.41, 5.74) is 0.843. The Morgan fingerprint density at radius 3 is 2.76 bits per heavy atom. The van der Waals surface area contributed by atoms with Gasteiger partial charge in [0.05, 0.1) is 10.2 Å². The normalized spacial score (nSPS) is 10.9. The Morgan fingerprint density at radius 1 is 1.08 bits per heavy atom. The van der Waals surface area contributed by atoms with Crippen molar-refractivity contribution in [1.29, 1.82) is 0 Å². The monoisotopic (exact) mass is 350 g/mol. The molecule has 1 amide bonds. The van der Waals surface area contributed by atoms with Gasteiger partial charge in [0, 0.05) is 37.9 Å². The quantitative estimate of drug-likeness (QED) is 0.597. The third-order valence-electron chi connectivity index (χ3n) is 3.61. The van der Waals surface area contributed by atoms with Crippen molar-refractivity contribution in [2.24, 2.45) is 0 Å². The van der Waals surface area contributed by atoms with E-state index in [1.807, 2.05) is 35.0 Å². The Bertz CT molecular complexity index is 977. The predicted octanol–water partition coefficient (Wildman–Crippen LogP) is 2.38. The third-order valence-corrected chi connectivity index (χ3v) is 4.64. The minimum absolute atomic E-state index is 0.168. The zero-order valence-corrected chi connectivity index (χ0v) is 14.0. The van der Waals surface area contributed by atoms with Crippen LogP contribution in [0.2, 0.25) is 0 Å². The lowest BCUT2D eigenvalue weighted by Gasteiger charge is -2.07. The largest absolute Gasteiger partial charge is 0.348 e. The highest BCUT2D eigenvalue weighted by molar-refractivity contribution is 7.20. The molecular formula is C17H14N6OS. The Labute approximate surface area is 147 Å². The van der Waals surface area contributed by atoms with Crippen LogP contribution in [0.5, 0.6) is 0 Å². The maximum atomic E-state index is 12.3. The molecule has 8 heteroatoms. The molecule has 4 rings (SSSR count). The average molecular weight is 350 g/mol. The van der Waals surface area contributed by atoms with Crippen molar-refractivity contribution in [3.05, 3.63) is 60.1 Å². The number of nitrogens with one attached hydrogen (secondary N) is 1. The van der Waals surface area contributed by atoms with Gasteiger partial charge in [-0.3, -0.25) is 4.79 Å². The number of carbonyl (C=O) groups is 1. The maximum Gasteiger partial charge on any atom is 0.280 e. The highest BCUT2D eigenvalue weighted by Gasteiger charge is 2.12. The summed E-state index contributed by atoms with van der Waals surface area (Å²) in [5.74, 6) is 1.07. The van der Waals surface area contributed by atoms with Crippen LogP contribution in [0.25, 0.3) is 21.9 Å². The van der Waals surface area contributed by atoms with Crippen LogP contribution >= 0.6 is 11.3 Å². The molecule has 0 radical (unpaired) electrons. The Morgan fingerprint density at radius 2 is 1.92 bits per heavy atom. The number of hydrogen-bond acceptors (Lipinski definition) is 6. The first-order valence-electron chi connectivity index (χ1n) is 7.73. The summed E-state index contributed by atoms with van der Waals surface area (Å²) in [6.45, 7) is 1.04. The third kappa shape index (κ3) is 3.24. The summed E-state index contributed by atoms with van der Waals surface area (Å²) >= 11 is 1.39. The fraction of sp³-hybridized carbons (Fsp3) is 0.118. The molecule has 124 valence electrons. The molecule has 0 aliphatic heterocycles. The van der Waals surface area contributed by atoms with Gasteiger partial charge in [0.2, 0.25) is 0 Å². The van der Waals surface area contributed by atoms with Crippen molar-refractivity contribution in [1.82, 2.24) is 29.8 Å². The molecule has 0 fully saturated rings. The lowest BCUT2D eigenvalue weighted by atomic mass is 10.3. The van der Waals surface area contributed by atoms with E-state index in [0.29, 0.717) is 29.7 Å². The number of hydrogen-bond donors (Lipinski definition) is 1. The molecule has 0 aliphatic rings. The lowest BCUT2D eigenvalue weighted by molar-refractivity contribution is 0.0952. The lowest BCUT2D eigenvalue weighted by Crippen LogP contribution is -2.27. The van der Waals surface area contributed by atoms with Gasteiger partial charge >= 0.3 is 0 Å². The van der Waals surface area contributed by atoms with Gasteiger partial charge in [-0.05, 0) is 18.2 Å². The van der Waals surface area contributed by atoms with E-state index in [-0.39, 0.29) is 5.91 Å². The molecule has 0 spiro atoms. The first kappa shape index (κ1) is 15.4. The molecular weight excluding hydrogens is 336 g/mol. The van der Waals surface area contributed by atoms with Crippen LogP contribution in [-0.4, -0.2) is 37.0 Å². The average Bonchev–Trinajstić information content (AvgIpc) is 3.29. The molecule has 3 heterocycles. The van der Waals surface area contributed by atoms with E-state index in [1.165, 1.54) is 11.3 Å². The number of rotatable bonds is 5. The van der Waals surface area contributed by atoms with Crippen LogP contribution in [0.3, 0.4) is 0 Å². The fourth-order valence-corrected chi connectivity index (χ4v) is 3.33. The minimum atomic E-state index is -0.168. The standard InChI is InChI=1S/C17H14N6OS/c24-16(17-22-12-4-1-2-5-13(12)25-17)21-9-11-23-10-8-20-15(23)14-18-6-3-7-19-14/h1-8,10H,9,11H2,(H,21,24). The van der Waals surface area contributed by atoms with Crippen LogP contribution < -0.4 is 5.32 Å². The van der Waals surface area contributed by atoms with Crippen molar-refractivity contribution in [3.63, 3.8) is 0 Å². The van der Waals surface area contributed by atoms with Gasteiger partial charge in [0.15, 0.2) is 16.7 Å². The van der Waals surface area contributed by atoms with E-state index in [2.05, 4.69) is 25.3 Å². The van der Waals surface area contributed by atoms with Crippen molar-refractivity contribution in [3.8, 4) is 11.6 Å². The van der Waals surface area contributed by atoms with E-state index in [4.69, 9.17) is 0 Å². The molecule has 7 nitrogen and oxygen atoms in total. The number of aromatic nitrogens is 5. The van der Waals surface area contributed by atoms with Gasteiger partial charge in [-0.2, -0.15) is 0 Å². The smallest absolute Gasteiger partial charge is 0.280 e. The molecule has 0 saturated heterocycles. The van der Waals surface area contributed by atoms with E-state index >= 15 is 0 Å².